The summed E-state index contributed by atoms with van der Waals surface area (Å²) in [5, 5.41) is 0.777. The molecule has 0 unspecified atom stereocenters. The van der Waals surface area contributed by atoms with E-state index in [0.717, 1.165) is 57.6 Å². The van der Waals surface area contributed by atoms with Crippen LogP contribution in [0.1, 0.15) is 62.4 Å². The molecule has 182 valence electrons. The summed E-state index contributed by atoms with van der Waals surface area (Å²) in [6, 6.07) is 14.3. The van der Waals surface area contributed by atoms with Crippen molar-refractivity contribution in [1.82, 2.24) is 9.80 Å². The fourth-order valence-electron chi connectivity index (χ4n) is 5.07. The van der Waals surface area contributed by atoms with Crippen LogP contribution in [0.2, 0.25) is 10.0 Å². The Balaban J connectivity index is 1.30. The largest absolute Gasteiger partial charge is 0.491 e. The minimum Gasteiger partial charge on any atom is -0.491 e. The summed E-state index contributed by atoms with van der Waals surface area (Å²) in [5.41, 5.74) is 4.73. The second-order valence-corrected chi connectivity index (χ2v) is 10.4. The van der Waals surface area contributed by atoms with E-state index < -0.39 is 0 Å². The third-order valence-corrected chi connectivity index (χ3v) is 7.86. The Hall–Kier alpha value is -2.01. The SMILES string of the molecule is CC(=C1CCN(C2CCN(C(=O)c3cccc(Cl)c3Cl)CC2)CC1)c1ccc(OC(C)C)cc1. The third-order valence-electron chi connectivity index (χ3n) is 7.04. The molecule has 6 heteroatoms. The molecule has 0 saturated carbocycles. The number of carbonyl (C=O) groups is 1. The third kappa shape index (κ3) is 5.79. The molecule has 0 N–H and O–H groups in total. The Morgan fingerprint density at radius 1 is 0.971 bits per heavy atom. The number of allylic oxidation sites excluding steroid dienone is 1. The molecule has 2 aromatic rings. The molecule has 4 rings (SSSR count). The highest BCUT2D eigenvalue weighted by Crippen LogP contribution is 2.31. The summed E-state index contributed by atoms with van der Waals surface area (Å²) in [6.45, 7) is 10.0. The van der Waals surface area contributed by atoms with Crippen molar-refractivity contribution in [1.29, 1.82) is 0 Å². The topological polar surface area (TPSA) is 32.8 Å². The quantitative estimate of drug-likeness (QED) is 0.444. The van der Waals surface area contributed by atoms with Crippen molar-refractivity contribution in [2.24, 2.45) is 0 Å². The highest BCUT2D eigenvalue weighted by Gasteiger charge is 2.30. The van der Waals surface area contributed by atoms with E-state index in [0.29, 0.717) is 21.7 Å². The number of rotatable bonds is 5. The number of carbonyl (C=O) groups excluding carboxylic acids is 1. The molecule has 2 aliphatic heterocycles. The van der Waals surface area contributed by atoms with E-state index in [2.05, 4.69) is 36.1 Å². The molecule has 2 saturated heterocycles. The summed E-state index contributed by atoms with van der Waals surface area (Å²) in [4.78, 5) is 17.5. The lowest BCUT2D eigenvalue weighted by Gasteiger charge is -2.41. The lowest BCUT2D eigenvalue weighted by atomic mass is 9.92. The zero-order valence-electron chi connectivity index (χ0n) is 20.3. The Kier molecular flexibility index (Phi) is 8.23. The zero-order valence-corrected chi connectivity index (χ0v) is 21.8. The van der Waals surface area contributed by atoms with E-state index in [9.17, 15) is 4.79 Å². The zero-order chi connectivity index (χ0) is 24.2. The van der Waals surface area contributed by atoms with Crippen LogP contribution >= 0.6 is 23.2 Å². The maximum atomic E-state index is 12.9. The molecule has 2 heterocycles. The monoisotopic (exact) mass is 500 g/mol. The van der Waals surface area contributed by atoms with Crippen molar-refractivity contribution in [3.8, 4) is 5.75 Å². The minimum atomic E-state index is -0.0183. The van der Waals surface area contributed by atoms with Gasteiger partial charge in [-0.2, -0.15) is 0 Å². The first-order chi connectivity index (χ1) is 16.3. The summed E-state index contributed by atoms with van der Waals surface area (Å²) >= 11 is 12.4. The Morgan fingerprint density at radius 2 is 1.62 bits per heavy atom. The molecule has 1 amide bonds. The van der Waals surface area contributed by atoms with Crippen LogP contribution in [0.15, 0.2) is 48.0 Å². The van der Waals surface area contributed by atoms with Gasteiger partial charge in [0.2, 0.25) is 0 Å². The van der Waals surface area contributed by atoms with E-state index >= 15 is 0 Å². The van der Waals surface area contributed by atoms with Crippen molar-refractivity contribution in [3.05, 3.63) is 69.2 Å². The van der Waals surface area contributed by atoms with Crippen LogP contribution in [0.4, 0.5) is 0 Å². The molecule has 0 aliphatic carbocycles. The molecule has 0 radical (unpaired) electrons. The number of piperidine rings is 2. The highest BCUT2D eigenvalue weighted by atomic mass is 35.5. The van der Waals surface area contributed by atoms with Gasteiger partial charge < -0.3 is 9.64 Å². The number of hydrogen-bond donors (Lipinski definition) is 0. The van der Waals surface area contributed by atoms with Gasteiger partial charge in [0, 0.05) is 32.2 Å². The maximum Gasteiger partial charge on any atom is 0.255 e. The van der Waals surface area contributed by atoms with Crippen molar-refractivity contribution >= 4 is 34.7 Å². The highest BCUT2D eigenvalue weighted by molar-refractivity contribution is 6.43. The van der Waals surface area contributed by atoms with Crippen molar-refractivity contribution < 1.29 is 9.53 Å². The van der Waals surface area contributed by atoms with Gasteiger partial charge in [-0.25, -0.2) is 0 Å². The second kappa shape index (κ2) is 11.2. The average molecular weight is 501 g/mol. The van der Waals surface area contributed by atoms with Crippen molar-refractivity contribution in [3.63, 3.8) is 0 Å². The fourth-order valence-corrected chi connectivity index (χ4v) is 5.45. The summed E-state index contributed by atoms with van der Waals surface area (Å²) in [5.74, 6) is 0.907. The van der Waals surface area contributed by atoms with Gasteiger partial charge in [-0.15, -0.1) is 0 Å². The number of benzene rings is 2. The lowest BCUT2D eigenvalue weighted by Crippen LogP contribution is -2.48. The normalized spacial score (nSPS) is 17.8. The smallest absolute Gasteiger partial charge is 0.255 e. The van der Waals surface area contributed by atoms with Crippen LogP contribution in [0, 0.1) is 0 Å². The molecule has 0 spiro atoms. The molecule has 0 aromatic heterocycles. The molecule has 0 atom stereocenters. The molecule has 34 heavy (non-hydrogen) atoms. The molecule has 0 bridgehead atoms. The average Bonchev–Trinajstić information content (AvgIpc) is 2.85. The number of hydrogen-bond acceptors (Lipinski definition) is 3. The van der Waals surface area contributed by atoms with Crippen LogP contribution in [0.25, 0.3) is 5.57 Å². The summed E-state index contributed by atoms with van der Waals surface area (Å²) in [6.07, 6.45) is 4.40. The van der Waals surface area contributed by atoms with Crippen LogP contribution in [0.5, 0.6) is 5.75 Å². The predicted octanol–water partition coefficient (Wildman–Crippen LogP) is 6.95. The molecular formula is C28H34Cl2N2O2. The molecular weight excluding hydrogens is 467 g/mol. The second-order valence-electron chi connectivity index (χ2n) is 9.58. The maximum absolute atomic E-state index is 12.9. The van der Waals surface area contributed by atoms with Crippen LogP contribution in [-0.2, 0) is 0 Å². The van der Waals surface area contributed by atoms with E-state index in [-0.39, 0.29) is 12.0 Å². The van der Waals surface area contributed by atoms with E-state index in [1.807, 2.05) is 18.7 Å². The van der Waals surface area contributed by atoms with Gasteiger partial charge in [-0.1, -0.05) is 47.0 Å². The molecule has 2 aliphatic rings. The van der Waals surface area contributed by atoms with Gasteiger partial charge in [0.15, 0.2) is 0 Å². The van der Waals surface area contributed by atoms with Crippen molar-refractivity contribution in [2.45, 2.75) is 58.6 Å². The first kappa shape index (κ1) is 25.1. The fraction of sp³-hybridized carbons (Fsp3) is 0.464. The van der Waals surface area contributed by atoms with Crippen molar-refractivity contribution in [2.75, 3.05) is 26.2 Å². The Morgan fingerprint density at radius 3 is 2.24 bits per heavy atom. The first-order valence-electron chi connectivity index (χ1n) is 12.3. The molecule has 4 nitrogen and oxygen atoms in total. The summed E-state index contributed by atoms with van der Waals surface area (Å²) in [7, 11) is 0. The van der Waals surface area contributed by atoms with Gasteiger partial charge in [0.1, 0.15) is 5.75 Å². The molecule has 2 aromatic carbocycles. The van der Waals surface area contributed by atoms with Crippen LogP contribution in [-0.4, -0.2) is 54.0 Å². The predicted molar refractivity (Wildman–Crippen MR) is 141 cm³/mol. The number of halogens is 2. The first-order valence-corrected chi connectivity index (χ1v) is 13.0. The summed E-state index contributed by atoms with van der Waals surface area (Å²) < 4.78 is 5.77. The Bertz CT molecular complexity index is 1030. The number of likely N-dealkylation sites (tertiary alicyclic amines) is 2. The van der Waals surface area contributed by atoms with Gasteiger partial charge in [-0.3, -0.25) is 9.69 Å². The van der Waals surface area contributed by atoms with Crippen LogP contribution in [0.3, 0.4) is 0 Å². The number of nitrogens with zero attached hydrogens (tertiary/aromatic N) is 2. The lowest BCUT2D eigenvalue weighted by molar-refractivity contribution is 0.0608. The van der Waals surface area contributed by atoms with E-state index in [4.69, 9.17) is 27.9 Å². The van der Waals surface area contributed by atoms with Gasteiger partial charge in [0.05, 0.1) is 21.7 Å². The number of amides is 1. The van der Waals surface area contributed by atoms with E-state index in [1.165, 1.54) is 11.1 Å². The van der Waals surface area contributed by atoms with Gasteiger partial charge >= 0.3 is 0 Å². The Labute approximate surface area is 213 Å². The standard InChI is InChI=1S/C28H34Cl2N2O2/c1-19(2)34-24-9-7-21(8-10-24)20(3)22-11-15-31(16-12-22)23-13-17-32(18-14-23)28(33)25-5-4-6-26(29)27(25)30/h4-10,19,23H,11-18H2,1-3H3. The van der Waals surface area contributed by atoms with Gasteiger partial charge in [-0.05, 0) is 81.9 Å². The molecule has 2 fully saturated rings. The van der Waals surface area contributed by atoms with Crippen LogP contribution < -0.4 is 4.74 Å². The van der Waals surface area contributed by atoms with E-state index in [1.54, 1.807) is 23.8 Å². The van der Waals surface area contributed by atoms with Gasteiger partial charge in [0.25, 0.3) is 5.91 Å². The number of ether oxygens (including phenoxy) is 1. The minimum absolute atomic E-state index is 0.0183.